The van der Waals surface area contributed by atoms with Crippen LogP contribution in [-0.2, 0) is 6.54 Å². The Balaban J connectivity index is 1.84. The summed E-state index contributed by atoms with van der Waals surface area (Å²) in [7, 11) is 1.66. The molecule has 0 saturated carbocycles. The lowest BCUT2D eigenvalue weighted by molar-refractivity contribution is 0.415. The van der Waals surface area contributed by atoms with Crippen molar-refractivity contribution in [3.05, 3.63) is 77.3 Å². The Morgan fingerprint density at radius 2 is 2.12 bits per heavy atom. The molecule has 0 bridgehead atoms. The lowest BCUT2D eigenvalue weighted by atomic mass is 10.1. The van der Waals surface area contributed by atoms with Crippen LogP contribution in [0.5, 0.6) is 5.75 Å². The molecule has 3 aromatic rings. The largest absolute Gasteiger partial charge is 0.497 e. The Hall–Kier alpha value is -3.12. The van der Waals surface area contributed by atoms with Crippen molar-refractivity contribution in [3.63, 3.8) is 0 Å². The molecular formula is C20H19N3O2S. The molecule has 2 aromatic heterocycles. The van der Waals surface area contributed by atoms with Gasteiger partial charge in [-0.25, -0.2) is 0 Å². The van der Waals surface area contributed by atoms with Crippen molar-refractivity contribution in [3.8, 4) is 17.0 Å². The number of hydrogen-bond donors (Lipinski definition) is 0. The van der Waals surface area contributed by atoms with Crippen molar-refractivity contribution in [2.24, 2.45) is 10.2 Å². The highest BCUT2D eigenvalue weighted by Crippen LogP contribution is 2.23. The van der Waals surface area contributed by atoms with Gasteiger partial charge in [0.2, 0.25) is 4.80 Å². The molecule has 0 saturated heterocycles. The molecular weight excluding hydrogens is 346 g/mol. The molecule has 1 aromatic carbocycles. The molecule has 132 valence electrons. The number of methoxy groups -OCH3 is 1. The lowest BCUT2D eigenvalue weighted by Crippen LogP contribution is -2.14. The minimum Gasteiger partial charge on any atom is -0.497 e. The summed E-state index contributed by atoms with van der Waals surface area (Å²) < 4.78 is 12.5. The number of rotatable bonds is 7. The Morgan fingerprint density at radius 1 is 1.27 bits per heavy atom. The first-order valence-corrected chi connectivity index (χ1v) is 8.90. The Morgan fingerprint density at radius 3 is 2.81 bits per heavy atom. The standard InChI is InChI=1S/C20H19N3O2S/c1-3-13-23-19(16-8-10-17(24-2)11-9-16)15-26-20(23)22-21-12-4-6-18-7-5-14-25-18/h3-12,14-15H,1,13H2,2H3/b6-4+,21-12+,22-20-. The van der Waals surface area contributed by atoms with Gasteiger partial charge in [-0.3, -0.25) is 0 Å². The molecule has 0 amide bonds. The first kappa shape index (κ1) is 17.7. The molecule has 0 aliphatic heterocycles. The zero-order valence-electron chi connectivity index (χ0n) is 14.4. The van der Waals surface area contributed by atoms with E-state index in [1.807, 2.05) is 48.6 Å². The second-order valence-corrected chi connectivity index (χ2v) is 6.11. The third-order valence-electron chi connectivity index (χ3n) is 3.59. The Bertz CT molecular complexity index is 961. The van der Waals surface area contributed by atoms with Gasteiger partial charge in [0.05, 0.1) is 19.1 Å². The van der Waals surface area contributed by atoms with E-state index in [0.29, 0.717) is 6.54 Å². The number of aromatic nitrogens is 1. The van der Waals surface area contributed by atoms with Gasteiger partial charge >= 0.3 is 0 Å². The number of allylic oxidation sites excluding steroid dienone is 2. The summed E-state index contributed by atoms with van der Waals surface area (Å²) in [5, 5.41) is 10.5. The van der Waals surface area contributed by atoms with Gasteiger partial charge in [-0.05, 0) is 54.1 Å². The average molecular weight is 365 g/mol. The number of nitrogens with zero attached hydrogens (tertiary/aromatic N) is 3. The van der Waals surface area contributed by atoms with Gasteiger partial charge in [0, 0.05) is 18.1 Å². The van der Waals surface area contributed by atoms with Crippen LogP contribution >= 0.6 is 11.3 Å². The van der Waals surface area contributed by atoms with Crippen LogP contribution in [-0.4, -0.2) is 17.9 Å². The van der Waals surface area contributed by atoms with E-state index >= 15 is 0 Å². The summed E-state index contributed by atoms with van der Waals surface area (Å²) in [5.74, 6) is 1.60. The van der Waals surface area contributed by atoms with Gasteiger partial charge in [-0.15, -0.1) is 23.0 Å². The van der Waals surface area contributed by atoms with Gasteiger partial charge in [0.1, 0.15) is 11.5 Å². The summed E-state index contributed by atoms with van der Waals surface area (Å²) in [4.78, 5) is 0.804. The van der Waals surface area contributed by atoms with Crippen LogP contribution in [0.3, 0.4) is 0 Å². The SMILES string of the molecule is C=CCn1c(-c2ccc(OC)cc2)cs\c1=N/N=C/C=C/c1ccco1. The molecule has 2 heterocycles. The molecule has 6 heteroatoms. The van der Waals surface area contributed by atoms with E-state index in [4.69, 9.17) is 9.15 Å². The molecule has 0 aliphatic carbocycles. The van der Waals surface area contributed by atoms with Crippen LogP contribution in [0, 0.1) is 0 Å². The van der Waals surface area contributed by atoms with E-state index in [0.717, 1.165) is 27.6 Å². The van der Waals surface area contributed by atoms with Crippen LogP contribution < -0.4 is 9.54 Å². The van der Waals surface area contributed by atoms with Gasteiger partial charge in [0.15, 0.2) is 0 Å². The van der Waals surface area contributed by atoms with Crippen molar-refractivity contribution in [2.75, 3.05) is 7.11 Å². The maximum Gasteiger partial charge on any atom is 0.211 e. The lowest BCUT2D eigenvalue weighted by Gasteiger charge is -2.07. The van der Waals surface area contributed by atoms with Gasteiger partial charge in [-0.2, -0.15) is 5.10 Å². The third-order valence-corrected chi connectivity index (χ3v) is 4.45. The van der Waals surface area contributed by atoms with Crippen LogP contribution in [0.2, 0.25) is 0 Å². The highest BCUT2D eigenvalue weighted by molar-refractivity contribution is 7.07. The number of ether oxygens (including phenoxy) is 1. The normalized spacial score (nSPS) is 12.3. The van der Waals surface area contributed by atoms with Crippen LogP contribution in [0.15, 0.2) is 81.4 Å². The summed E-state index contributed by atoms with van der Waals surface area (Å²) in [6, 6.07) is 11.7. The molecule has 0 aliphatic rings. The molecule has 26 heavy (non-hydrogen) atoms. The second kappa shape index (κ2) is 8.82. The smallest absolute Gasteiger partial charge is 0.211 e. The predicted octanol–water partition coefficient (Wildman–Crippen LogP) is 4.60. The van der Waals surface area contributed by atoms with Gasteiger partial charge in [-0.1, -0.05) is 6.08 Å². The molecule has 0 unspecified atom stereocenters. The monoisotopic (exact) mass is 365 g/mol. The molecule has 0 fully saturated rings. The van der Waals surface area contributed by atoms with E-state index in [2.05, 4.69) is 26.7 Å². The van der Waals surface area contributed by atoms with E-state index in [1.54, 1.807) is 25.7 Å². The summed E-state index contributed by atoms with van der Waals surface area (Å²) in [6.45, 7) is 4.49. The van der Waals surface area contributed by atoms with Crippen LogP contribution in [0.25, 0.3) is 17.3 Å². The zero-order valence-corrected chi connectivity index (χ0v) is 15.2. The number of thiazole rings is 1. The van der Waals surface area contributed by atoms with Crippen molar-refractivity contribution in [1.29, 1.82) is 0 Å². The molecule has 0 radical (unpaired) electrons. The quantitative estimate of drug-likeness (QED) is 0.349. The number of furan rings is 1. The zero-order chi connectivity index (χ0) is 18.2. The van der Waals surface area contributed by atoms with E-state index in [9.17, 15) is 0 Å². The summed E-state index contributed by atoms with van der Waals surface area (Å²) in [5.41, 5.74) is 2.16. The van der Waals surface area contributed by atoms with Crippen molar-refractivity contribution < 1.29 is 9.15 Å². The second-order valence-electron chi connectivity index (χ2n) is 5.27. The highest BCUT2D eigenvalue weighted by Gasteiger charge is 2.07. The molecule has 0 atom stereocenters. The van der Waals surface area contributed by atoms with Gasteiger partial charge < -0.3 is 13.7 Å². The molecule has 3 rings (SSSR count). The molecule has 0 N–H and O–H groups in total. The average Bonchev–Trinajstić information content (AvgIpc) is 3.32. The maximum absolute atomic E-state index is 5.22. The van der Waals surface area contributed by atoms with Crippen LogP contribution in [0.1, 0.15) is 5.76 Å². The predicted molar refractivity (Wildman–Crippen MR) is 106 cm³/mol. The first-order valence-electron chi connectivity index (χ1n) is 8.02. The molecule has 0 spiro atoms. The number of hydrogen-bond acceptors (Lipinski definition) is 5. The topological polar surface area (TPSA) is 52.0 Å². The maximum atomic E-state index is 5.22. The third kappa shape index (κ3) is 4.29. The minimum atomic E-state index is 0.654. The van der Waals surface area contributed by atoms with Gasteiger partial charge in [0.25, 0.3) is 0 Å². The summed E-state index contributed by atoms with van der Waals surface area (Å²) in [6.07, 6.45) is 8.73. The minimum absolute atomic E-state index is 0.654. The Labute approximate surface area is 155 Å². The molecule has 5 nitrogen and oxygen atoms in total. The van der Waals surface area contributed by atoms with E-state index < -0.39 is 0 Å². The van der Waals surface area contributed by atoms with Crippen molar-refractivity contribution in [1.82, 2.24) is 4.57 Å². The fourth-order valence-electron chi connectivity index (χ4n) is 2.35. The fourth-order valence-corrected chi connectivity index (χ4v) is 3.23. The Kier molecular flexibility index (Phi) is 6.01. The highest BCUT2D eigenvalue weighted by atomic mass is 32.1. The van der Waals surface area contributed by atoms with Crippen LogP contribution in [0.4, 0.5) is 0 Å². The van der Waals surface area contributed by atoms with Crippen molar-refractivity contribution >= 4 is 23.6 Å². The fraction of sp³-hybridized carbons (Fsp3) is 0.100. The first-order chi connectivity index (χ1) is 12.8. The van der Waals surface area contributed by atoms with Crippen molar-refractivity contribution in [2.45, 2.75) is 6.54 Å². The van der Waals surface area contributed by atoms with E-state index in [-0.39, 0.29) is 0 Å². The summed E-state index contributed by atoms with van der Waals surface area (Å²) >= 11 is 1.54. The van der Waals surface area contributed by atoms with E-state index in [1.165, 1.54) is 11.3 Å². The number of benzene rings is 1.